The van der Waals surface area contributed by atoms with Crippen LogP contribution < -0.4 is 10.6 Å². The first-order valence-corrected chi connectivity index (χ1v) is 7.45. The maximum atomic E-state index is 12.1. The van der Waals surface area contributed by atoms with Gasteiger partial charge in [0.15, 0.2) is 0 Å². The first-order valence-electron chi connectivity index (χ1n) is 6.19. The van der Waals surface area contributed by atoms with Crippen molar-refractivity contribution in [1.82, 2.24) is 15.3 Å². The van der Waals surface area contributed by atoms with Crippen molar-refractivity contribution in [2.45, 2.75) is 20.4 Å². The molecule has 1 amide bonds. The number of nitrogens with one attached hydrogen (secondary N) is 2. The van der Waals surface area contributed by atoms with Crippen molar-refractivity contribution in [2.75, 3.05) is 11.9 Å². The fourth-order valence-corrected chi connectivity index (χ4v) is 2.43. The Morgan fingerprint density at radius 2 is 2.20 bits per heavy atom. The lowest BCUT2D eigenvalue weighted by Crippen LogP contribution is -2.24. The smallest absolute Gasteiger partial charge is 0.271 e. The molecule has 0 unspecified atom stereocenters. The van der Waals surface area contributed by atoms with E-state index in [-0.39, 0.29) is 11.6 Å². The molecular formula is C13H15ClN4OS. The van der Waals surface area contributed by atoms with Gasteiger partial charge < -0.3 is 10.6 Å². The Balaban J connectivity index is 2.06. The third kappa shape index (κ3) is 3.68. The fourth-order valence-electron chi connectivity index (χ4n) is 1.62. The van der Waals surface area contributed by atoms with E-state index in [2.05, 4.69) is 20.6 Å². The van der Waals surface area contributed by atoms with Crippen LogP contribution in [-0.2, 0) is 6.54 Å². The number of aryl methyl sites for hydroxylation is 1. The monoisotopic (exact) mass is 310 g/mol. The summed E-state index contributed by atoms with van der Waals surface area (Å²) in [6.07, 6.45) is 0. The van der Waals surface area contributed by atoms with E-state index >= 15 is 0 Å². The largest absolute Gasteiger partial charge is 0.370 e. The molecule has 2 aromatic heterocycles. The molecule has 0 bridgehead atoms. The van der Waals surface area contributed by atoms with Crippen molar-refractivity contribution < 1.29 is 4.79 Å². The minimum absolute atomic E-state index is 0.220. The van der Waals surface area contributed by atoms with Crippen LogP contribution in [0.2, 0.25) is 5.02 Å². The van der Waals surface area contributed by atoms with Crippen molar-refractivity contribution in [2.24, 2.45) is 0 Å². The van der Waals surface area contributed by atoms with Gasteiger partial charge in [0.2, 0.25) is 0 Å². The van der Waals surface area contributed by atoms with E-state index < -0.39 is 0 Å². The van der Waals surface area contributed by atoms with Gasteiger partial charge in [-0.3, -0.25) is 4.79 Å². The molecule has 2 aromatic rings. The zero-order valence-electron chi connectivity index (χ0n) is 11.2. The minimum Gasteiger partial charge on any atom is -0.370 e. The number of nitrogens with zero attached hydrogens (tertiary/aromatic N) is 2. The van der Waals surface area contributed by atoms with Crippen LogP contribution in [0.15, 0.2) is 17.5 Å². The van der Waals surface area contributed by atoms with Crippen molar-refractivity contribution in [1.29, 1.82) is 0 Å². The summed E-state index contributed by atoms with van der Waals surface area (Å²) in [6.45, 7) is 4.98. The Labute approximate surface area is 126 Å². The van der Waals surface area contributed by atoms with Crippen LogP contribution in [0.25, 0.3) is 0 Å². The van der Waals surface area contributed by atoms with Crippen LogP contribution in [0, 0.1) is 6.92 Å². The topological polar surface area (TPSA) is 66.9 Å². The van der Waals surface area contributed by atoms with Gasteiger partial charge in [0.1, 0.15) is 11.5 Å². The molecule has 7 heteroatoms. The maximum Gasteiger partial charge on any atom is 0.271 e. The minimum atomic E-state index is -0.305. The third-order valence-electron chi connectivity index (χ3n) is 2.52. The molecule has 20 heavy (non-hydrogen) atoms. The highest BCUT2D eigenvalue weighted by Gasteiger charge is 2.13. The van der Waals surface area contributed by atoms with Gasteiger partial charge in [-0.2, -0.15) is 0 Å². The molecule has 0 saturated carbocycles. The summed E-state index contributed by atoms with van der Waals surface area (Å²) >= 11 is 7.56. The van der Waals surface area contributed by atoms with Crippen molar-refractivity contribution >= 4 is 34.7 Å². The maximum absolute atomic E-state index is 12.1. The summed E-state index contributed by atoms with van der Waals surface area (Å²) in [4.78, 5) is 20.6. The first-order chi connectivity index (χ1) is 9.60. The summed E-state index contributed by atoms with van der Waals surface area (Å²) in [5, 5.41) is 9.04. The van der Waals surface area contributed by atoms with Crippen LogP contribution in [-0.4, -0.2) is 22.4 Å². The predicted octanol–water partition coefficient (Wildman–Crippen LogP) is 2.86. The summed E-state index contributed by atoms with van der Waals surface area (Å²) in [5.74, 6) is 0.326. The van der Waals surface area contributed by atoms with Gasteiger partial charge in [-0.05, 0) is 26.0 Å². The second-order valence-corrected chi connectivity index (χ2v) is 5.57. The quantitative estimate of drug-likeness (QED) is 0.891. The Bertz CT molecular complexity index is 614. The van der Waals surface area contributed by atoms with Gasteiger partial charge in [-0.25, -0.2) is 9.97 Å². The number of hydrogen-bond acceptors (Lipinski definition) is 5. The summed E-state index contributed by atoms with van der Waals surface area (Å²) in [7, 11) is 0. The van der Waals surface area contributed by atoms with E-state index in [4.69, 9.17) is 11.6 Å². The molecule has 0 aliphatic heterocycles. The number of carbonyl (C=O) groups excluding carboxylic acids is 1. The van der Waals surface area contributed by atoms with Gasteiger partial charge in [0.05, 0.1) is 22.3 Å². The molecule has 2 heterocycles. The van der Waals surface area contributed by atoms with Gasteiger partial charge in [-0.15, -0.1) is 11.3 Å². The molecule has 2 N–H and O–H groups in total. The number of carbonyl (C=O) groups is 1. The van der Waals surface area contributed by atoms with E-state index in [1.807, 2.05) is 19.2 Å². The lowest BCUT2D eigenvalue weighted by molar-refractivity contribution is 0.0946. The Kier molecular flexibility index (Phi) is 4.92. The SMILES string of the molecule is CCNc1ccc(Cl)c(C(=O)NCc2csc(C)n2)n1. The van der Waals surface area contributed by atoms with Crippen molar-refractivity contribution in [3.63, 3.8) is 0 Å². The van der Waals surface area contributed by atoms with Crippen LogP contribution >= 0.6 is 22.9 Å². The van der Waals surface area contributed by atoms with Crippen LogP contribution in [0.5, 0.6) is 0 Å². The van der Waals surface area contributed by atoms with Crippen LogP contribution in [0.1, 0.15) is 28.1 Å². The molecule has 0 fully saturated rings. The first kappa shape index (κ1) is 14.7. The molecule has 5 nitrogen and oxygen atoms in total. The number of rotatable bonds is 5. The highest BCUT2D eigenvalue weighted by molar-refractivity contribution is 7.09. The molecule has 0 aliphatic carbocycles. The highest BCUT2D eigenvalue weighted by Crippen LogP contribution is 2.17. The van der Waals surface area contributed by atoms with Gasteiger partial charge in [-0.1, -0.05) is 11.6 Å². The highest BCUT2D eigenvalue weighted by atomic mass is 35.5. The fraction of sp³-hybridized carbons (Fsp3) is 0.308. The summed E-state index contributed by atoms with van der Waals surface area (Å²) < 4.78 is 0. The number of thiazole rings is 1. The number of anilines is 1. The van der Waals surface area contributed by atoms with E-state index in [9.17, 15) is 4.79 Å². The average molecular weight is 311 g/mol. The molecule has 106 valence electrons. The predicted molar refractivity (Wildman–Crippen MR) is 81.4 cm³/mol. The number of amides is 1. The molecular weight excluding hydrogens is 296 g/mol. The Morgan fingerprint density at radius 1 is 1.40 bits per heavy atom. The van der Waals surface area contributed by atoms with Crippen molar-refractivity contribution in [3.05, 3.63) is 38.9 Å². The van der Waals surface area contributed by atoms with Crippen molar-refractivity contribution in [3.8, 4) is 0 Å². The lowest BCUT2D eigenvalue weighted by Gasteiger charge is -2.07. The van der Waals surface area contributed by atoms with Gasteiger partial charge in [0.25, 0.3) is 5.91 Å². The molecule has 0 spiro atoms. The standard InChI is InChI=1S/C13H15ClN4OS/c1-3-15-11-5-4-10(14)12(18-11)13(19)16-6-9-7-20-8(2)17-9/h4-5,7H,3,6H2,1-2H3,(H,15,18)(H,16,19). The lowest BCUT2D eigenvalue weighted by atomic mass is 10.3. The molecule has 0 aliphatic rings. The molecule has 0 atom stereocenters. The number of pyridine rings is 1. The molecule has 0 radical (unpaired) electrons. The number of halogens is 1. The zero-order chi connectivity index (χ0) is 14.5. The van der Waals surface area contributed by atoms with E-state index in [0.717, 1.165) is 17.2 Å². The third-order valence-corrected chi connectivity index (χ3v) is 3.64. The normalized spacial score (nSPS) is 10.3. The van der Waals surface area contributed by atoms with E-state index in [1.54, 1.807) is 23.5 Å². The number of aromatic nitrogens is 2. The Morgan fingerprint density at radius 3 is 2.85 bits per heavy atom. The zero-order valence-corrected chi connectivity index (χ0v) is 12.8. The summed E-state index contributed by atoms with van der Waals surface area (Å²) in [6, 6.07) is 3.40. The molecule has 2 rings (SSSR count). The van der Waals surface area contributed by atoms with Crippen LogP contribution in [0.3, 0.4) is 0 Å². The second-order valence-electron chi connectivity index (χ2n) is 4.10. The van der Waals surface area contributed by atoms with E-state index in [1.165, 1.54) is 0 Å². The van der Waals surface area contributed by atoms with Crippen LogP contribution in [0.4, 0.5) is 5.82 Å². The second kappa shape index (κ2) is 6.67. The van der Waals surface area contributed by atoms with Gasteiger partial charge in [0, 0.05) is 11.9 Å². The van der Waals surface area contributed by atoms with E-state index in [0.29, 0.717) is 17.4 Å². The van der Waals surface area contributed by atoms with Gasteiger partial charge >= 0.3 is 0 Å². The molecule has 0 aromatic carbocycles. The average Bonchev–Trinajstić information content (AvgIpc) is 2.84. The molecule has 0 saturated heterocycles. The Hall–Kier alpha value is -1.66. The summed E-state index contributed by atoms with van der Waals surface area (Å²) in [5.41, 5.74) is 1.05. The number of hydrogen-bond donors (Lipinski definition) is 2.